The van der Waals surface area contributed by atoms with E-state index in [0.717, 1.165) is 25.3 Å². The average Bonchev–Trinajstić information content (AvgIpc) is 3.08. The number of ether oxygens (including phenoxy) is 1. The Kier molecular flexibility index (Phi) is 4.44. The molecule has 1 aromatic heterocycles. The molecule has 2 bridgehead atoms. The molecule has 3 saturated heterocycles. The number of para-hydroxylation sites is 1. The molecule has 1 atom stereocenters. The summed E-state index contributed by atoms with van der Waals surface area (Å²) < 4.78 is 7.36. The lowest BCUT2D eigenvalue weighted by atomic mass is 9.84. The van der Waals surface area contributed by atoms with Gasteiger partial charge in [0, 0.05) is 18.7 Å². The third-order valence-corrected chi connectivity index (χ3v) is 5.17. The van der Waals surface area contributed by atoms with Gasteiger partial charge in [0.2, 0.25) is 5.88 Å². The molecular formula is C19H24N4O2. The van der Waals surface area contributed by atoms with E-state index in [-0.39, 0.29) is 11.9 Å². The van der Waals surface area contributed by atoms with E-state index in [1.54, 1.807) is 10.7 Å². The second-order valence-corrected chi connectivity index (χ2v) is 6.77. The van der Waals surface area contributed by atoms with E-state index in [1.165, 1.54) is 12.8 Å². The normalized spacial score (nSPS) is 24.9. The summed E-state index contributed by atoms with van der Waals surface area (Å²) in [5.41, 5.74) is 1.29. The van der Waals surface area contributed by atoms with Crippen LogP contribution < -0.4 is 10.1 Å². The number of carbonyl (C=O) groups is 1. The molecule has 6 nitrogen and oxygen atoms in total. The molecule has 0 radical (unpaired) electrons. The van der Waals surface area contributed by atoms with Crippen molar-refractivity contribution in [2.75, 3.05) is 26.2 Å². The number of hydrogen-bond donors (Lipinski definition) is 1. The van der Waals surface area contributed by atoms with Gasteiger partial charge in [-0.05, 0) is 50.9 Å². The number of amides is 1. The summed E-state index contributed by atoms with van der Waals surface area (Å²) in [6.07, 6.45) is 2.35. The minimum Gasteiger partial charge on any atom is -0.478 e. The molecule has 1 N–H and O–H groups in total. The van der Waals surface area contributed by atoms with Crippen LogP contribution in [0.1, 0.15) is 30.3 Å². The quantitative estimate of drug-likeness (QED) is 0.905. The van der Waals surface area contributed by atoms with Crippen LogP contribution in [0.15, 0.2) is 36.4 Å². The summed E-state index contributed by atoms with van der Waals surface area (Å²) in [7, 11) is 0. The van der Waals surface area contributed by atoms with Gasteiger partial charge in [-0.15, -0.1) is 0 Å². The molecule has 2 aromatic rings. The van der Waals surface area contributed by atoms with Gasteiger partial charge in [0.1, 0.15) is 0 Å². The largest absolute Gasteiger partial charge is 0.478 e. The summed E-state index contributed by atoms with van der Waals surface area (Å²) in [6.45, 7) is 5.73. The van der Waals surface area contributed by atoms with Crippen LogP contribution in [0, 0.1) is 5.92 Å². The second kappa shape index (κ2) is 6.88. The number of hydrogen-bond acceptors (Lipinski definition) is 4. The van der Waals surface area contributed by atoms with Gasteiger partial charge in [-0.2, -0.15) is 5.10 Å². The van der Waals surface area contributed by atoms with Crippen LogP contribution in [-0.4, -0.2) is 52.9 Å². The van der Waals surface area contributed by atoms with E-state index in [1.807, 2.05) is 37.3 Å². The molecule has 1 aromatic carbocycles. The maximum atomic E-state index is 12.7. The lowest BCUT2D eigenvalue weighted by Gasteiger charge is -2.44. The van der Waals surface area contributed by atoms with Gasteiger partial charge in [0.05, 0.1) is 12.3 Å². The van der Waals surface area contributed by atoms with E-state index in [0.29, 0.717) is 24.1 Å². The first kappa shape index (κ1) is 16.1. The molecule has 132 valence electrons. The smallest absolute Gasteiger partial charge is 0.272 e. The van der Waals surface area contributed by atoms with E-state index >= 15 is 0 Å². The highest BCUT2D eigenvalue weighted by molar-refractivity contribution is 5.93. The Labute approximate surface area is 147 Å². The molecule has 1 amide bonds. The van der Waals surface area contributed by atoms with Gasteiger partial charge in [-0.25, -0.2) is 4.68 Å². The van der Waals surface area contributed by atoms with Crippen molar-refractivity contribution in [3.05, 3.63) is 42.1 Å². The molecular weight excluding hydrogens is 316 g/mol. The summed E-state index contributed by atoms with van der Waals surface area (Å²) in [4.78, 5) is 15.2. The number of rotatable bonds is 5. The van der Waals surface area contributed by atoms with Crippen LogP contribution in [0.4, 0.5) is 0 Å². The fourth-order valence-electron chi connectivity index (χ4n) is 3.85. The summed E-state index contributed by atoms with van der Waals surface area (Å²) in [5, 5.41) is 7.68. The molecule has 0 aliphatic carbocycles. The number of benzene rings is 1. The van der Waals surface area contributed by atoms with Crippen molar-refractivity contribution in [3.8, 4) is 11.6 Å². The van der Waals surface area contributed by atoms with E-state index < -0.39 is 0 Å². The number of fused-ring (bicyclic) bond motifs is 3. The van der Waals surface area contributed by atoms with Crippen molar-refractivity contribution in [2.45, 2.75) is 25.8 Å². The third kappa shape index (κ3) is 3.26. The molecule has 0 spiro atoms. The minimum atomic E-state index is -0.116. The van der Waals surface area contributed by atoms with E-state index in [2.05, 4.69) is 15.3 Å². The van der Waals surface area contributed by atoms with Crippen molar-refractivity contribution in [3.63, 3.8) is 0 Å². The van der Waals surface area contributed by atoms with Crippen molar-refractivity contribution in [1.29, 1.82) is 0 Å². The SMILES string of the molecule is CCOc1cc(C(=O)NC2CN3CCC2CC3)nn1-c1ccccc1. The molecule has 0 saturated carbocycles. The lowest BCUT2D eigenvalue weighted by molar-refractivity contribution is 0.0617. The van der Waals surface area contributed by atoms with Crippen molar-refractivity contribution in [1.82, 2.24) is 20.0 Å². The summed E-state index contributed by atoms with van der Waals surface area (Å²) in [5.74, 6) is 1.07. The Hall–Kier alpha value is -2.34. The Morgan fingerprint density at radius 3 is 2.68 bits per heavy atom. The lowest BCUT2D eigenvalue weighted by Crippen LogP contribution is -2.57. The molecule has 5 rings (SSSR count). The minimum absolute atomic E-state index is 0.116. The van der Waals surface area contributed by atoms with Gasteiger partial charge in [-0.3, -0.25) is 4.79 Å². The maximum absolute atomic E-state index is 12.7. The summed E-state index contributed by atoms with van der Waals surface area (Å²) in [6, 6.07) is 11.7. The predicted octanol–water partition coefficient (Wildman–Crippen LogP) is 2.09. The third-order valence-electron chi connectivity index (χ3n) is 5.17. The van der Waals surface area contributed by atoms with Gasteiger partial charge < -0.3 is 15.0 Å². The molecule has 6 heteroatoms. The van der Waals surface area contributed by atoms with Gasteiger partial charge >= 0.3 is 0 Å². The first-order valence-electron chi connectivity index (χ1n) is 9.06. The molecule has 1 unspecified atom stereocenters. The fourth-order valence-corrected chi connectivity index (χ4v) is 3.85. The number of nitrogens with one attached hydrogen (secondary N) is 1. The number of piperidine rings is 3. The first-order chi connectivity index (χ1) is 12.2. The zero-order valence-electron chi connectivity index (χ0n) is 14.5. The molecule has 4 heterocycles. The van der Waals surface area contributed by atoms with Crippen LogP contribution in [-0.2, 0) is 0 Å². The standard InChI is InChI=1S/C19H24N4O2/c1-2-25-18-12-16(21-23(18)15-6-4-3-5-7-15)19(24)20-17-13-22-10-8-14(17)9-11-22/h3-7,12,14,17H,2,8-11,13H2,1H3,(H,20,24). The average molecular weight is 340 g/mol. The highest BCUT2D eigenvalue weighted by atomic mass is 16.5. The van der Waals surface area contributed by atoms with Gasteiger partial charge in [0.25, 0.3) is 5.91 Å². The Morgan fingerprint density at radius 1 is 1.28 bits per heavy atom. The van der Waals surface area contributed by atoms with E-state index in [9.17, 15) is 4.79 Å². The first-order valence-corrected chi connectivity index (χ1v) is 9.06. The van der Waals surface area contributed by atoms with E-state index in [4.69, 9.17) is 4.74 Å². The zero-order valence-corrected chi connectivity index (χ0v) is 14.5. The Morgan fingerprint density at radius 2 is 2.04 bits per heavy atom. The highest BCUT2D eigenvalue weighted by Gasteiger charge is 2.35. The number of aromatic nitrogens is 2. The van der Waals surface area contributed by atoms with Crippen LogP contribution in [0.5, 0.6) is 5.88 Å². The fraction of sp³-hybridized carbons (Fsp3) is 0.474. The molecule has 3 aliphatic rings. The summed E-state index contributed by atoms with van der Waals surface area (Å²) >= 11 is 0. The Bertz CT molecular complexity index is 735. The van der Waals surface area contributed by atoms with Crippen molar-refractivity contribution < 1.29 is 9.53 Å². The van der Waals surface area contributed by atoms with Crippen LogP contribution >= 0.6 is 0 Å². The van der Waals surface area contributed by atoms with Crippen LogP contribution in [0.2, 0.25) is 0 Å². The van der Waals surface area contributed by atoms with Crippen molar-refractivity contribution in [2.24, 2.45) is 5.92 Å². The van der Waals surface area contributed by atoms with Gasteiger partial charge in [-0.1, -0.05) is 18.2 Å². The monoisotopic (exact) mass is 340 g/mol. The predicted molar refractivity (Wildman–Crippen MR) is 95.2 cm³/mol. The molecule has 3 fully saturated rings. The Balaban J connectivity index is 1.54. The highest BCUT2D eigenvalue weighted by Crippen LogP contribution is 2.28. The zero-order chi connectivity index (χ0) is 17.2. The molecule has 3 aliphatic heterocycles. The molecule has 25 heavy (non-hydrogen) atoms. The number of nitrogens with zero attached hydrogens (tertiary/aromatic N) is 3. The van der Waals surface area contributed by atoms with Crippen LogP contribution in [0.25, 0.3) is 5.69 Å². The maximum Gasteiger partial charge on any atom is 0.272 e. The van der Waals surface area contributed by atoms with Gasteiger partial charge in [0.15, 0.2) is 5.69 Å². The topological polar surface area (TPSA) is 59.4 Å². The number of carbonyl (C=O) groups excluding carboxylic acids is 1. The van der Waals surface area contributed by atoms with Crippen molar-refractivity contribution >= 4 is 5.91 Å². The van der Waals surface area contributed by atoms with Crippen LogP contribution in [0.3, 0.4) is 0 Å². The second-order valence-electron chi connectivity index (χ2n) is 6.77.